The van der Waals surface area contributed by atoms with E-state index in [-0.39, 0.29) is 44.7 Å². The van der Waals surface area contributed by atoms with E-state index in [1.807, 2.05) is 48.5 Å². The van der Waals surface area contributed by atoms with Crippen LogP contribution >= 0.6 is 0 Å². The molecule has 3 aromatic carbocycles. The Labute approximate surface area is 299 Å². The van der Waals surface area contributed by atoms with E-state index in [1.54, 1.807) is 20.0 Å². The fourth-order valence-electron chi connectivity index (χ4n) is 6.16. The fourth-order valence-corrected chi connectivity index (χ4v) is 6.16. The van der Waals surface area contributed by atoms with Crippen LogP contribution in [0.3, 0.4) is 0 Å². The van der Waals surface area contributed by atoms with E-state index >= 15 is 0 Å². The molecular formula is C38H43F3N6O5. The predicted molar refractivity (Wildman–Crippen MR) is 189 cm³/mol. The molecular weight excluding hydrogens is 677 g/mol. The van der Waals surface area contributed by atoms with Crippen LogP contribution in [0.15, 0.2) is 79.3 Å². The summed E-state index contributed by atoms with van der Waals surface area (Å²) in [5, 5.41) is 27.6. The molecule has 1 aliphatic rings. The number of alkyl halides is 3. The van der Waals surface area contributed by atoms with Crippen LogP contribution in [0.5, 0.6) is 0 Å². The van der Waals surface area contributed by atoms with Crippen LogP contribution in [0.4, 0.5) is 18.9 Å². The van der Waals surface area contributed by atoms with Gasteiger partial charge in [-0.3, -0.25) is 14.4 Å². The van der Waals surface area contributed by atoms with Gasteiger partial charge < -0.3 is 36.0 Å². The molecule has 2 heterocycles. The lowest BCUT2D eigenvalue weighted by molar-refractivity contribution is -0.137. The number of amides is 3. The zero-order valence-corrected chi connectivity index (χ0v) is 29.0. The SMILES string of the molecule is CC(C)(CC(=O)N[C@@H]1CCc2cc(C(F)(F)F)ccc2N(Cc2ccc(-c3ccccc3CNC(=O)Cc3c[nH]cn3)cc2)C1=O)NC[C@H](O)CO. The van der Waals surface area contributed by atoms with E-state index in [4.69, 9.17) is 5.11 Å². The minimum atomic E-state index is -4.57. The lowest BCUT2D eigenvalue weighted by Gasteiger charge is -2.29. The molecule has 4 aromatic rings. The van der Waals surface area contributed by atoms with Crippen molar-refractivity contribution in [3.8, 4) is 11.1 Å². The third-order valence-corrected chi connectivity index (χ3v) is 8.92. The number of nitrogens with one attached hydrogen (secondary N) is 4. The zero-order valence-electron chi connectivity index (χ0n) is 29.0. The maximum atomic E-state index is 14.1. The predicted octanol–water partition coefficient (Wildman–Crippen LogP) is 4.03. The minimum Gasteiger partial charge on any atom is -0.394 e. The molecule has 6 N–H and O–H groups in total. The summed E-state index contributed by atoms with van der Waals surface area (Å²) in [5.74, 6) is -1.07. The number of hydrogen-bond acceptors (Lipinski definition) is 7. The van der Waals surface area contributed by atoms with Crippen molar-refractivity contribution in [1.82, 2.24) is 25.9 Å². The second kappa shape index (κ2) is 16.5. The number of aromatic amines is 1. The molecule has 0 radical (unpaired) electrons. The first-order chi connectivity index (χ1) is 24.7. The van der Waals surface area contributed by atoms with Crippen LogP contribution in [0.25, 0.3) is 11.1 Å². The van der Waals surface area contributed by atoms with Gasteiger partial charge in [0.25, 0.3) is 0 Å². The van der Waals surface area contributed by atoms with Crippen molar-refractivity contribution < 1.29 is 37.8 Å². The summed E-state index contributed by atoms with van der Waals surface area (Å²) in [5.41, 5.74) is 3.09. The summed E-state index contributed by atoms with van der Waals surface area (Å²) in [6.45, 7) is 3.44. The Morgan fingerprint density at radius 1 is 1.06 bits per heavy atom. The number of halogens is 3. The number of hydrogen-bond donors (Lipinski definition) is 6. The Bertz CT molecular complexity index is 1850. The summed E-state index contributed by atoms with van der Waals surface area (Å²) in [6.07, 6.45) is -2.08. The molecule has 0 spiro atoms. The molecule has 0 saturated heterocycles. The van der Waals surface area contributed by atoms with Crippen LogP contribution in [-0.2, 0) is 46.5 Å². The number of rotatable bonds is 14. The van der Waals surface area contributed by atoms with E-state index in [1.165, 1.54) is 17.3 Å². The Morgan fingerprint density at radius 2 is 1.81 bits per heavy atom. The van der Waals surface area contributed by atoms with E-state index in [0.29, 0.717) is 29.1 Å². The van der Waals surface area contributed by atoms with E-state index in [9.17, 15) is 32.7 Å². The number of anilines is 1. The highest BCUT2D eigenvalue weighted by Gasteiger charge is 2.36. The van der Waals surface area contributed by atoms with E-state index in [0.717, 1.165) is 28.8 Å². The highest BCUT2D eigenvalue weighted by atomic mass is 19.4. The summed E-state index contributed by atoms with van der Waals surface area (Å²) >= 11 is 0. The van der Waals surface area contributed by atoms with E-state index in [2.05, 4.69) is 25.9 Å². The number of aliphatic hydroxyl groups excluding tert-OH is 2. The molecule has 11 nitrogen and oxygen atoms in total. The van der Waals surface area contributed by atoms with Crippen molar-refractivity contribution in [2.45, 2.75) is 76.5 Å². The molecule has 52 heavy (non-hydrogen) atoms. The molecule has 3 amide bonds. The van der Waals surface area contributed by atoms with Crippen LogP contribution in [0.2, 0.25) is 0 Å². The fraction of sp³-hybridized carbons (Fsp3) is 0.368. The number of carbonyl (C=O) groups is 3. The number of fused-ring (bicyclic) bond motifs is 1. The molecule has 14 heteroatoms. The molecule has 276 valence electrons. The average molecular weight is 721 g/mol. The van der Waals surface area contributed by atoms with Crippen molar-refractivity contribution in [3.63, 3.8) is 0 Å². The Hall–Kier alpha value is -5.05. The molecule has 0 aliphatic carbocycles. The van der Waals surface area contributed by atoms with Crippen LogP contribution in [0, 0.1) is 0 Å². The Morgan fingerprint density at radius 3 is 2.50 bits per heavy atom. The third-order valence-electron chi connectivity index (χ3n) is 8.92. The number of aromatic nitrogens is 2. The molecule has 5 rings (SSSR count). The second-order valence-electron chi connectivity index (χ2n) is 13.6. The summed E-state index contributed by atoms with van der Waals surface area (Å²) in [7, 11) is 0. The van der Waals surface area contributed by atoms with Gasteiger partial charge in [-0.1, -0.05) is 48.5 Å². The van der Waals surface area contributed by atoms with Crippen molar-refractivity contribution in [1.29, 1.82) is 0 Å². The number of carbonyl (C=O) groups excluding carboxylic acids is 3. The Balaban J connectivity index is 1.34. The lowest BCUT2D eigenvalue weighted by atomic mass is 9.98. The quantitative estimate of drug-likeness (QED) is 0.115. The summed E-state index contributed by atoms with van der Waals surface area (Å²) in [4.78, 5) is 48.1. The van der Waals surface area contributed by atoms with Gasteiger partial charge in [0.15, 0.2) is 0 Å². The summed E-state index contributed by atoms with van der Waals surface area (Å²) < 4.78 is 41.1. The van der Waals surface area contributed by atoms with Gasteiger partial charge in [-0.2, -0.15) is 13.2 Å². The number of imidazole rings is 1. The normalized spacial score (nSPS) is 15.5. The van der Waals surface area contributed by atoms with Crippen LogP contribution in [-0.4, -0.2) is 68.7 Å². The van der Waals surface area contributed by atoms with Gasteiger partial charge in [0.1, 0.15) is 6.04 Å². The molecule has 0 unspecified atom stereocenters. The number of aryl methyl sites for hydroxylation is 1. The molecule has 0 fully saturated rings. The van der Waals surface area contributed by atoms with Crippen molar-refractivity contribution in [2.24, 2.45) is 0 Å². The maximum Gasteiger partial charge on any atom is 0.416 e. The van der Waals surface area contributed by atoms with Crippen LogP contribution < -0.4 is 20.9 Å². The van der Waals surface area contributed by atoms with Crippen molar-refractivity contribution >= 4 is 23.4 Å². The molecule has 0 saturated carbocycles. The lowest BCUT2D eigenvalue weighted by Crippen LogP contribution is -2.51. The first-order valence-electron chi connectivity index (χ1n) is 17.0. The second-order valence-corrected chi connectivity index (χ2v) is 13.6. The summed E-state index contributed by atoms with van der Waals surface area (Å²) in [6, 6.07) is 17.4. The highest BCUT2D eigenvalue weighted by molar-refractivity contribution is 6.00. The van der Waals surface area contributed by atoms with Gasteiger partial charge in [-0.15, -0.1) is 0 Å². The van der Waals surface area contributed by atoms with Gasteiger partial charge in [0.2, 0.25) is 17.7 Å². The smallest absolute Gasteiger partial charge is 0.394 e. The maximum absolute atomic E-state index is 14.1. The van der Waals surface area contributed by atoms with Gasteiger partial charge in [-0.05, 0) is 72.7 Å². The molecule has 0 bridgehead atoms. The monoisotopic (exact) mass is 720 g/mol. The molecule has 1 aliphatic heterocycles. The highest BCUT2D eigenvalue weighted by Crippen LogP contribution is 2.36. The number of H-pyrrole nitrogens is 1. The topological polar surface area (TPSA) is 160 Å². The number of β-amino-alcohol motifs (C(OH)–C–C–N with tert-alkyl or cyclic N) is 1. The van der Waals surface area contributed by atoms with Crippen LogP contribution in [0.1, 0.15) is 54.6 Å². The van der Waals surface area contributed by atoms with Gasteiger partial charge in [0.05, 0.1) is 43.3 Å². The van der Waals surface area contributed by atoms with Crippen molar-refractivity contribution in [3.05, 3.63) is 107 Å². The third kappa shape index (κ3) is 10.0. The average Bonchev–Trinajstić information content (AvgIpc) is 3.59. The number of aliphatic hydroxyl groups is 2. The van der Waals surface area contributed by atoms with Gasteiger partial charge in [-0.25, -0.2) is 4.98 Å². The van der Waals surface area contributed by atoms with E-state index < -0.39 is 47.8 Å². The molecule has 1 aromatic heterocycles. The Kier molecular flexibility index (Phi) is 12.1. The van der Waals surface area contributed by atoms with Gasteiger partial charge in [0, 0.05) is 36.9 Å². The zero-order chi connectivity index (χ0) is 37.5. The first-order valence-corrected chi connectivity index (χ1v) is 17.0. The number of nitrogens with zero attached hydrogens (tertiary/aromatic N) is 2. The van der Waals surface area contributed by atoms with Gasteiger partial charge >= 0.3 is 6.18 Å². The first kappa shape index (κ1) is 38.2. The largest absolute Gasteiger partial charge is 0.416 e. The standard InChI is InChI=1S/C38H43F3N6O5/c1-37(2,45-20-30(49)22-48)17-35(51)46-32-13-11-26-15-28(38(39,40)41)12-14-33(26)47(36(32)52)21-24-7-9-25(10-8-24)31-6-4-3-5-27(31)18-43-34(50)16-29-19-42-23-44-29/h3-10,12,14-15,19,23,30,32,45,48-49H,11,13,16-18,20-22H2,1-2H3,(H,42,44)(H,43,50)(H,46,51)/t30-,32+/m0/s1. The van der Waals surface area contributed by atoms with Crippen molar-refractivity contribution in [2.75, 3.05) is 18.1 Å². The number of benzene rings is 3. The minimum absolute atomic E-state index is 0.0425. The molecule has 2 atom stereocenters.